The Morgan fingerprint density at radius 2 is 2.32 bits per heavy atom. The van der Waals surface area contributed by atoms with E-state index in [4.69, 9.17) is 9.84 Å². The van der Waals surface area contributed by atoms with Crippen molar-refractivity contribution in [2.24, 2.45) is 7.05 Å². The molecular weight excluding hydrogens is 246 g/mol. The fourth-order valence-corrected chi connectivity index (χ4v) is 1.32. The third-order valence-electron chi connectivity index (χ3n) is 2.10. The van der Waals surface area contributed by atoms with E-state index in [9.17, 15) is 0 Å². The fourth-order valence-electron chi connectivity index (χ4n) is 1.32. The van der Waals surface area contributed by atoms with Gasteiger partial charge < -0.3 is 9.84 Å². The fraction of sp³-hybridized carbons (Fsp3) is 0.333. The number of aliphatic hydroxyl groups excluding tert-OH is 1. The molecule has 0 unspecified atom stereocenters. The first-order chi connectivity index (χ1) is 9.28. The maximum absolute atomic E-state index is 8.65. The quantitative estimate of drug-likeness (QED) is 0.773. The molecule has 2 aromatic heterocycles. The highest BCUT2D eigenvalue weighted by atomic mass is 16.5. The van der Waals surface area contributed by atoms with Gasteiger partial charge in [0, 0.05) is 18.2 Å². The monoisotopic (exact) mass is 259 g/mol. The zero-order valence-corrected chi connectivity index (χ0v) is 10.4. The van der Waals surface area contributed by atoms with Crippen LogP contribution < -0.4 is 4.74 Å². The standard InChI is InChI=1S/C12H13N5O2/c1-17-15-12(14-16-17)9-19-11-6-10(7-13-8-11)4-2-3-5-18/h6-8,18H,3,5,9H2,1H3. The van der Waals surface area contributed by atoms with E-state index in [-0.39, 0.29) is 13.2 Å². The first-order valence-corrected chi connectivity index (χ1v) is 5.68. The number of aliphatic hydroxyl groups is 1. The number of aromatic nitrogens is 5. The second kappa shape index (κ2) is 6.47. The molecule has 7 nitrogen and oxygen atoms in total. The van der Waals surface area contributed by atoms with Crippen molar-refractivity contribution in [1.29, 1.82) is 0 Å². The third kappa shape index (κ3) is 4.04. The summed E-state index contributed by atoms with van der Waals surface area (Å²) < 4.78 is 5.49. The van der Waals surface area contributed by atoms with Crippen LogP contribution >= 0.6 is 0 Å². The van der Waals surface area contributed by atoms with Crippen LogP contribution in [0.15, 0.2) is 18.5 Å². The minimum Gasteiger partial charge on any atom is -0.484 e. The molecule has 7 heteroatoms. The predicted molar refractivity (Wildman–Crippen MR) is 65.9 cm³/mol. The van der Waals surface area contributed by atoms with Crippen molar-refractivity contribution in [3.8, 4) is 17.6 Å². The van der Waals surface area contributed by atoms with Gasteiger partial charge in [-0.15, -0.1) is 10.2 Å². The zero-order chi connectivity index (χ0) is 13.5. The van der Waals surface area contributed by atoms with Gasteiger partial charge in [-0.2, -0.15) is 4.80 Å². The SMILES string of the molecule is Cn1nnc(COc2cncc(C#CCCO)c2)n1. The van der Waals surface area contributed by atoms with E-state index in [0.29, 0.717) is 18.0 Å². The molecule has 0 saturated carbocycles. The van der Waals surface area contributed by atoms with Crippen LogP contribution in [0.2, 0.25) is 0 Å². The summed E-state index contributed by atoms with van der Waals surface area (Å²) in [4.78, 5) is 5.40. The normalized spacial score (nSPS) is 9.79. The molecule has 0 saturated heterocycles. The van der Waals surface area contributed by atoms with Gasteiger partial charge in [0.05, 0.1) is 19.9 Å². The van der Waals surface area contributed by atoms with Gasteiger partial charge in [0.15, 0.2) is 6.61 Å². The van der Waals surface area contributed by atoms with Crippen LogP contribution in [0.1, 0.15) is 17.8 Å². The van der Waals surface area contributed by atoms with Crippen LogP contribution in [0.25, 0.3) is 0 Å². The summed E-state index contributed by atoms with van der Waals surface area (Å²) in [5, 5.41) is 20.2. The van der Waals surface area contributed by atoms with Gasteiger partial charge >= 0.3 is 0 Å². The first kappa shape index (κ1) is 13.0. The van der Waals surface area contributed by atoms with Gasteiger partial charge in [-0.05, 0) is 11.3 Å². The van der Waals surface area contributed by atoms with Gasteiger partial charge in [-0.1, -0.05) is 11.8 Å². The maximum Gasteiger partial charge on any atom is 0.212 e. The van der Waals surface area contributed by atoms with E-state index in [1.807, 2.05) is 0 Å². The largest absolute Gasteiger partial charge is 0.484 e. The van der Waals surface area contributed by atoms with Crippen LogP contribution in [-0.4, -0.2) is 36.9 Å². The molecule has 0 atom stereocenters. The molecular formula is C12H13N5O2. The molecule has 2 rings (SSSR count). The Labute approximate surface area is 110 Å². The third-order valence-corrected chi connectivity index (χ3v) is 2.10. The Balaban J connectivity index is 1.97. The average Bonchev–Trinajstić information content (AvgIpc) is 2.83. The van der Waals surface area contributed by atoms with E-state index in [1.165, 1.54) is 4.80 Å². The highest BCUT2D eigenvalue weighted by Crippen LogP contribution is 2.11. The Hall–Kier alpha value is -2.46. The number of tetrazole rings is 1. The number of hydrogen-bond donors (Lipinski definition) is 1. The van der Waals surface area contributed by atoms with Crippen LogP contribution in [-0.2, 0) is 13.7 Å². The van der Waals surface area contributed by atoms with Crippen molar-refractivity contribution >= 4 is 0 Å². The number of nitrogens with zero attached hydrogens (tertiary/aromatic N) is 5. The van der Waals surface area contributed by atoms with Crippen molar-refractivity contribution < 1.29 is 9.84 Å². The zero-order valence-electron chi connectivity index (χ0n) is 10.4. The Morgan fingerprint density at radius 1 is 1.42 bits per heavy atom. The maximum atomic E-state index is 8.65. The molecule has 98 valence electrons. The highest BCUT2D eigenvalue weighted by molar-refractivity contribution is 5.36. The van der Waals surface area contributed by atoms with Crippen molar-refractivity contribution in [3.05, 3.63) is 29.8 Å². The second-order valence-corrected chi connectivity index (χ2v) is 3.67. The summed E-state index contributed by atoms with van der Waals surface area (Å²) in [6, 6.07) is 1.77. The Kier molecular flexibility index (Phi) is 4.42. The number of rotatable bonds is 4. The summed E-state index contributed by atoms with van der Waals surface area (Å²) in [5.41, 5.74) is 0.734. The lowest BCUT2D eigenvalue weighted by Gasteiger charge is -2.02. The van der Waals surface area contributed by atoms with Crippen molar-refractivity contribution in [3.63, 3.8) is 0 Å². The molecule has 0 spiro atoms. The van der Waals surface area contributed by atoms with E-state index < -0.39 is 0 Å². The summed E-state index contributed by atoms with van der Waals surface area (Å²) in [6.07, 6.45) is 3.67. The molecule has 0 fully saturated rings. The highest BCUT2D eigenvalue weighted by Gasteiger charge is 2.02. The predicted octanol–water partition coefficient (Wildman–Crippen LogP) is -0.0820. The summed E-state index contributed by atoms with van der Waals surface area (Å²) in [7, 11) is 1.69. The average molecular weight is 259 g/mol. The van der Waals surface area contributed by atoms with Crippen LogP contribution in [0.5, 0.6) is 5.75 Å². The van der Waals surface area contributed by atoms with E-state index in [2.05, 4.69) is 32.2 Å². The molecule has 1 N–H and O–H groups in total. The van der Waals surface area contributed by atoms with Gasteiger partial charge in [0.2, 0.25) is 5.82 Å². The molecule has 2 aromatic rings. The second-order valence-electron chi connectivity index (χ2n) is 3.67. The lowest BCUT2D eigenvalue weighted by molar-refractivity contribution is 0.294. The summed E-state index contributed by atoms with van der Waals surface area (Å²) in [6.45, 7) is 0.276. The molecule has 0 aliphatic heterocycles. The molecule has 19 heavy (non-hydrogen) atoms. The van der Waals surface area contributed by atoms with Crippen LogP contribution in [0.4, 0.5) is 0 Å². The Morgan fingerprint density at radius 3 is 3.05 bits per heavy atom. The topological polar surface area (TPSA) is 86.0 Å². The van der Waals surface area contributed by atoms with Gasteiger partial charge in [-0.25, -0.2) is 0 Å². The molecule has 0 amide bonds. The van der Waals surface area contributed by atoms with E-state index >= 15 is 0 Å². The number of hydrogen-bond acceptors (Lipinski definition) is 6. The first-order valence-electron chi connectivity index (χ1n) is 5.68. The Bertz CT molecular complexity index is 599. The molecule has 0 aromatic carbocycles. The van der Waals surface area contributed by atoms with Crippen molar-refractivity contribution in [1.82, 2.24) is 25.2 Å². The number of pyridine rings is 1. The minimum absolute atomic E-state index is 0.0506. The van der Waals surface area contributed by atoms with E-state index in [0.717, 1.165) is 5.56 Å². The van der Waals surface area contributed by atoms with Gasteiger partial charge in [0.1, 0.15) is 5.75 Å². The van der Waals surface area contributed by atoms with Gasteiger partial charge in [0.25, 0.3) is 0 Å². The summed E-state index contributed by atoms with van der Waals surface area (Å²) >= 11 is 0. The lowest BCUT2D eigenvalue weighted by atomic mass is 10.2. The van der Waals surface area contributed by atoms with Crippen molar-refractivity contribution in [2.75, 3.05) is 6.61 Å². The smallest absolute Gasteiger partial charge is 0.212 e. The summed E-state index contributed by atoms with van der Waals surface area (Å²) in [5.74, 6) is 6.80. The van der Waals surface area contributed by atoms with Crippen LogP contribution in [0.3, 0.4) is 0 Å². The molecule has 0 aliphatic carbocycles. The van der Waals surface area contributed by atoms with Crippen LogP contribution in [0, 0.1) is 11.8 Å². The number of aryl methyl sites for hydroxylation is 1. The van der Waals surface area contributed by atoms with Gasteiger partial charge in [-0.3, -0.25) is 4.98 Å². The minimum atomic E-state index is 0.0506. The molecule has 2 heterocycles. The number of ether oxygens (including phenoxy) is 1. The molecule has 0 bridgehead atoms. The molecule has 0 aliphatic rings. The molecule has 0 radical (unpaired) electrons. The van der Waals surface area contributed by atoms with E-state index in [1.54, 1.807) is 25.5 Å². The lowest BCUT2D eigenvalue weighted by Crippen LogP contribution is -1.99. The van der Waals surface area contributed by atoms with Crippen molar-refractivity contribution in [2.45, 2.75) is 13.0 Å².